The monoisotopic (exact) mass is 327 g/mol. The lowest BCUT2D eigenvalue weighted by Gasteiger charge is -2.25. The van der Waals surface area contributed by atoms with Crippen LogP contribution in [0.3, 0.4) is 0 Å². The molecule has 2 N–H and O–H groups in total. The second-order valence-electron chi connectivity index (χ2n) is 5.53. The number of alkyl halides is 2. The molecule has 1 aromatic carbocycles. The van der Waals surface area contributed by atoms with Crippen LogP contribution in [0, 0.1) is 0 Å². The van der Waals surface area contributed by atoms with E-state index in [4.69, 9.17) is 9.84 Å². The van der Waals surface area contributed by atoms with Crippen LogP contribution in [0.4, 0.5) is 8.78 Å². The minimum Gasteiger partial charge on any atom is -0.478 e. The summed E-state index contributed by atoms with van der Waals surface area (Å²) in [6.45, 7) is 0.201. The van der Waals surface area contributed by atoms with E-state index in [2.05, 4.69) is 5.32 Å². The van der Waals surface area contributed by atoms with E-state index in [1.807, 2.05) is 0 Å². The van der Waals surface area contributed by atoms with Crippen LogP contribution in [0.2, 0.25) is 0 Å². The molecule has 1 aliphatic heterocycles. The number of aryl methyl sites for hydroxylation is 1. The van der Waals surface area contributed by atoms with E-state index >= 15 is 0 Å². The van der Waals surface area contributed by atoms with Gasteiger partial charge in [0.05, 0.1) is 18.2 Å². The Labute approximate surface area is 132 Å². The Morgan fingerprint density at radius 1 is 1.26 bits per heavy atom. The van der Waals surface area contributed by atoms with Crippen molar-refractivity contribution in [2.75, 3.05) is 13.2 Å². The number of carbonyl (C=O) groups excluding carboxylic acids is 1. The van der Waals surface area contributed by atoms with Crippen LogP contribution in [-0.2, 0) is 16.0 Å². The molecule has 5 nitrogen and oxygen atoms in total. The van der Waals surface area contributed by atoms with Gasteiger partial charge in [0.2, 0.25) is 5.91 Å². The topological polar surface area (TPSA) is 75.6 Å². The lowest BCUT2D eigenvalue weighted by atomic mass is 10.0. The molecule has 1 aromatic rings. The number of carbonyl (C=O) groups is 2. The highest BCUT2D eigenvalue weighted by Crippen LogP contribution is 2.27. The van der Waals surface area contributed by atoms with Gasteiger partial charge in [-0.15, -0.1) is 0 Å². The van der Waals surface area contributed by atoms with Gasteiger partial charge >= 0.3 is 5.97 Å². The van der Waals surface area contributed by atoms with Gasteiger partial charge < -0.3 is 15.2 Å². The van der Waals surface area contributed by atoms with E-state index in [0.29, 0.717) is 6.42 Å². The molecule has 0 aromatic heterocycles. The summed E-state index contributed by atoms with van der Waals surface area (Å²) in [4.78, 5) is 22.6. The number of amides is 1. The van der Waals surface area contributed by atoms with Gasteiger partial charge in [-0.2, -0.15) is 0 Å². The summed E-state index contributed by atoms with van der Waals surface area (Å²) in [6.07, 6.45) is 0.126. The minimum absolute atomic E-state index is 0.00467. The minimum atomic E-state index is -2.96. The quantitative estimate of drug-likeness (QED) is 0.870. The zero-order valence-electron chi connectivity index (χ0n) is 12.6. The van der Waals surface area contributed by atoms with Crippen LogP contribution >= 0.6 is 0 Å². The number of aromatic carboxylic acids is 1. The van der Waals surface area contributed by atoms with Crippen LogP contribution in [-0.4, -0.2) is 42.2 Å². The van der Waals surface area contributed by atoms with Crippen molar-refractivity contribution >= 4 is 11.9 Å². The summed E-state index contributed by atoms with van der Waals surface area (Å²) in [5.74, 6) is -4.43. The smallest absolute Gasteiger partial charge is 0.335 e. The number of carboxylic acids is 1. The Balaban J connectivity index is 1.85. The fourth-order valence-electron chi connectivity index (χ4n) is 2.41. The zero-order chi connectivity index (χ0) is 16.9. The van der Waals surface area contributed by atoms with Gasteiger partial charge in [0, 0.05) is 19.4 Å². The third-order valence-corrected chi connectivity index (χ3v) is 3.82. The first-order chi connectivity index (χ1) is 10.9. The number of carboxylic acid groups (broad SMARTS) is 1. The van der Waals surface area contributed by atoms with Crippen molar-refractivity contribution in [3.63, 3.8) is 0 Å². The van der Waals surface area contributed by atoms with Gasteiger partial charge in [-0.05, 0) is 30.5 Å². The molecule has 1 amide bonds. The molecular formula is C16H19F2NO4. The zero-order valence-corrected chi connectivity index (χ0v) is 12.6. The van der Waals surface area contributed by atoms with Crippen molar-refractivity contribution in [2.24, 2.45) is 0 Å². The van der Waals surface area contributed by atoms with Crippen LogP contribution in [0.1, 0.15) is 35.2 Å². The lowest BCUT2D eigenvalue weighted by molar-refractivity contribution is -0.126. The lowest BCUT2D eigenvalue weighted by Crippen LogP contribution is -2.47. The van der Waals surface area contributed by atoms with E-state index in [1.54, 1.807) is 12.1 Å². The molecular weight excluding hydrogens is 308 g/mol. The number of hydrogen-bond acceptors (Lipinski definition) is 3. The second kappa shape index (κ2) is 7.50. The summed E-state index contributed by atoms with van der Waals surface area (Å²) in [6, 6.07) is 4.93. The molecule has 23 heavy (non-hydrogen) atoms. The maximum absolute atomic E-state index is 13.8. The Hall–Kier alpha value is -2.02. The maximum Gasteiger partial charge on any atom is 0.335 e. The molecule has 0 saturated carbocycles. The van der Waals surface area contributed by atoms with E-state index in [1.165, 1.54) is 12.1 Å². The first-order valence-electron chi connectivity index (χ1n) is 7.45. The van der Waals surface area contributed by atoms with E-state index in [0.717, 1.165) is 5.56 Å². The van der Waals surface area contributed by atoms with Gasteiger partial charge in [-0.25, -0.2) is 13.6 Å². The van der Waals surface area contributed by atoms with Crippen LogP contribution < -0.4 is 5.32 Å². The van der Waals surface area contributed by atoms with E-state index < -0.39 is 30.3 Å². The van der Waals surface area contributed by atoms with Gasteiger partial charge in [0.15, 0.2) is 0 Å². The molecule has 2 rings (SSSR count). The van der Waals surface area contributed by atoms with Gasteiger partial charge in [-0.3, -0.25) is 4.79 Å². The Morgan fingerprint density at radius 3 is 2.61 bits per heavy atom. The number of benzene rings is 1. The van der Waals surface area contributed by atoms with Crippen molar-refractivity contribution in [2.45, 2.75) is 37.6 Å². The molecule has 1 atom stereocenters. The highest BCUT2D eigenvalue weighted by molar-refractivity contribution is 5.87. The number of nitrogens with one attached hydrogen (secondary N) is 1. The predicted molar refractivity (Wildman–Crippen MR) is 78.7 cm³/mol. The van der Waals surface area contributed by atoms with Gasteiger partial charge in [0.25, 0.3) is 5.92 Å². The first kappa shape index (κ1) is 17.3. The molecule has 126 valence electrons. The normalized spacial score (nSPS) is 20.5. The van der Waals surface area contributed by atoms with Gasteiger partial charge in [-0.1, -0.05) is 12.1 Å². The van der Waals surface area contributed by atoms with Crippen LogP contribution in [0.15, 0.2) is 24.3 Å². The maximum atomic E-state index is 13.8. The van der Waals surface area contributed by atoms with Crippen molar-refractivity contribution in [3.05, 3.63) is 35.4 Å². The van der Waals surface area contributed by atoms with Crippen LogP contribution in [0.25, 0.3) is 0 Å². The third-order valence-electron chi connectivity index (χ3n) is 3.82. The highest BCUT2D eigenvalue weighted by atomic mass is 19.3. The fourth-order valence-corrected chi connectivity index (χ4v) is 2.41. The summed E-state index contributed by atoms with van der Waals surface area (Å²) in [5, 5.41) is 11.2. The number of halogens is 2. The molecule has 1 saturated heterocycles. The molecule has 1 aliphatic rings. The average molecular weight is 327 g/mol. The number of ether oxygens (including phenoxy) is 1. The fraction of sp³-hybridized carbons (Fsp3) is 0.500. The van der Waals surface area contributed by atoms with E-state index in [-0.39, 0.29) is 31.6 Å². The average Bonchev–Trinajstić information content (AvgIpc) is 2.67. The molecule has 1 fully saturated rings. The highest BCUT2D eigenvalue weighted by Gasteiger charge is 2.41. The van der Waals surface area contributed by atoms with Crippen LogP contribution in [0.5, 0.6) is 0 Å². The van der Waals surface area contributed by atoms with E-state index in [9.17, 15) is 18.4 Å². The SMILES string of the molecule is O=C(CCc1ccc(C(=O)O)cc1)NC1CCOCCC1(F)F. The first-order valence-corrected chi connectivity index (χ1v) is 7.45. The molecule has 7 heteroatoms. The standard InChI is InChI=1S/C16H19F2NO4/c17-16(18)8-10-23-9-7-13(16)19-14(20)6-3-11-1-4-12(5-2-11)15(21)22/h1-2,4-5,13H,3,6-10H2,(H,19,20)(H,21,22). The summed E-state index contributed by atoms with van der Waals surface area (Å²) in [7, 11) is 0. The number of hydrogen-bond donors (Lipinski definition) is 2. The largest absolute Gasteiger partial charge is 0.478 e. The van der Waals surface area contributed by atoms with Crippen molar-refractivity contribution < 1.29 is 28.2 Å². The Bertz CT molecular complexity index is 560. The number of rotatable bonds is 5. The predicted octanol–water partition coefficient (Wildman–Crippen LogP) is 2.25. The van der Waals surface area contributed by atoms with Crippen molar-refractivity contribution in [3.8, 4) is 0 Å². The van der Waals surface area contributed by atoms with Crippen molar-refractivity contribution in [1.82, 2.24) is 5.32 Å². The van der Waals surface area contributed by atoms with Crippen molar-refractivity contribution in [1.29, 1.82) is 0 Å². The molecule has 0 aliphatic carbocycles. The third kappa shape index (κ3) is 4.99. The second-order valence-corrected chi connectivity index (χ2v) is 5.53. The summed E-state index contributed by atoms with van der Waals surface area (Å²) in [5.41, 5.74) is 0.942. The molecule has 1 heterocycles. The molecule has 0 radical (unpaired) electrons. The Kier molecular flexibility index (Phi) is 5.65. The Morgan fingerprint density at radius 2 is 1.96 bits per heavy atom. The molecule has 0 spiro atoms. The summed E-state index contributed by atoms with van der Waals surface area (Å²) >= 11 is 0. The van der Waals surface area contributed by atoms with Gasteiger partial charge in [0.1, 0.15) is 0 Å². The molecule has 0 bridgehead atoms. The summed E-state index contributed by atoms with van der Waals surface area (Å²) < 4.78 is 32.7. The molecule has 1 unspecified atom stereocenters.